The van der Waals surface area contributed by atoms with Crippen LogP contribution in [-0.4, -0.2) is 35.3 Å². The van der Waals surface area contributed by atoms with Crippen LogP contribution < -0.4 is 13.7 Å². The van der Waals surface area contributed by atoms with E-state index in [0.29, 0.717) is 24.2 Å². The van der Waals surface area contributed by atoms with E-state index in [1.165, 1.54) is 19.2 Å². The zero-order valence-corrected chi connectivity index (χ0v) is 21.8. The van der Waals surface area contributed by atoms with Crippen LogP contribution in [0.3, 0.4) is 0 Å². The lowest BCUT2D eigenvalue weighted by Gasteiger charge is -2.28. The SMILES string of the molecule is COCCCOc1cc(C(F)(F)F)ccc1[C@@H]1CCOc2cc(S(=O)(=O)Oc3c(F)c(F)c(F)c(F)c3F)ccc21. The summed E-state index contributed by atoms with van der Waals surface area (Å²) in [6.07, 6.45) is -3.99. The highest BCUT2D eigenvalue weighted by Crippen LogP contribution is 2.44. The normalized spacial score (nSPS) is 15.3. The van der Waals surface area contributed by atoms with Gasteiger partial charge < -0.3 is 18.4 Å². The molecule has 0 spiro atoms. The number of hydrogen-bond donors (Lipinski definition) is 0. The average molecular weight is 612 g/mol. The lowest BCUT2D eigenvalue weighted by Crippen LogP contribution is -2.19. The van der Waals surface area contributed by atoms with Crippen LogP contribution in [0.25, 0.3) is 0 Å². The lowest BCUT2D eigenvalue weighted by atomic mass is 9.85. The molecule has 0 N–H and O–H groups in total. The van der Waals surface area contributed by atoms with Gasteiger partial charge in [0, 0.05) is 43.2 Å². The number of ether oxygens (including phenoxy) is 3. The van der Waals surface area contributed by atoms with Gasteiger partial charge in [0.15, 0.2) is 0 Å². The molecule has 0 unspecified atom stereocenters. The van der Waals surface area contributed by atoms with Gasteiger partial charge in [-0.3, -0.25) is 0 Å². The smallest absolute Gasteiger partial charge is 0.416 e. The predicted octanol–water partition coefficient (Wildman–Crippen LogP) is 6.50. The number of alkyl halides is 3. The van der Waals surface area contributed by atoms with Crippen LogP contribution >= 0.6 is 0 Å². The number of rotatable bonds is 9. The molecule has 222 valence electrons. The summed E-state index contributed by atoms with van der Waals surface area (Å²) in [5.41, 5.74) is -0.247. The van der Waals surface area contributed by atoms with Crippen molar-refractivity contribution in [1.82, 2.24) is 0 Å². The summed E-state index contributed by atoms with van der Waals surface area (Å²) >= 11 is 0. The zero-order valence-electron chi connectivity index (χ0n) is 21.0. The van der Waals surface area contributed by atoms with Gasteiger partial charge in [-0.05, 0) is 24.6 Å². The summed E-state index contributed by atoms with van der Waals surface area (Å²) in [5.74, 6) is -15.0. The van der Waals surface area contributed by atoms with Crippen molar-refractivity contribution in [3.8, 4) is 17.2 Å². The Kier molecular flexibility index (Phi) is 8.68. The molecule has 0 saturated carbocycles. The Bertz CT molecular complexity index is 1530. The summed E-state index contributed by atoms with van der Waals surface area (Å²) < 4.78 is 154. The number of fused-ring (bicyclic) bond motifs is 1. The van der Waals surface area contributed by atoms with E-state index in [9.17, 15) is 43.5 Å². The molecule has 0 radical (unpaired) electrons. The van der Waals surface area contributed by atoms with E-state index in [4.69, 9.17) is 14.2 Å². The third-order valence-corrected chi connectivity index (χ3v) is 7.36. The Hall–Kier alpha value is -3.59. The summed E-state index contributed by atoms with van der Waals surface area (Å²) in [5, 5.41) is 0. The number of hydrogen-bond acceptors (Lipinski definition) is 6. The second-order valence-corrected chi connectivity index (χ2v) is 10.3. The molecule has 1 heterocycles. The molecule has 1 atom stereocenters. The molecular formula is C26H20F8O6S. The number of benzene rings is 3. The summed E-state index contributed by atoms with van der Waals surface area (Å²) in [6.45, 7) is 0.340. The van der Waals surface area contributed by atoms with E-state index in [1.54, 1.807) is 0 Å². The molecule has 0 saturated heterocycles. The molecule has 0 fully saturated rings. The molecular weight excluding hydrogens is 592 g/mol. The van der Waals surface area contributed by atoms with Gasteiger partial charge >= 0.3 is 16.3 Å². The monoisotopic (exact) mass is 612 g/mol. The first-order valence-electron chi connectivity index (χ1n) is 11.8. The first kappa shape index (κ1) is 30.4. The van der Waals surface area contributed by atoms with Crippen LogP contribution in [0.1, 0.15) is 35.4 Å². The first-order chi connectivity index (χ1) is 19.3. The highest BCUT2D eigenvalue weighted by molar-refractivity contribution is 7.87. The Balaban J connectivity index is 1.69. The second kappa shape index (κ2) is 11.7. The van der Waals surface area contributed by atoms with Crippen molar-refractivity contribution >= 4 is 10.1 Å². The molecule has 41 heavy (non-hydrogen) atoms. The molecule has 1 aliphatic heterocycles. The molecule has 6 nitrogen and oxygen atoms in total. The maximum atomic E-state index is 14.0. The largest absolute Gasteiger partial charge is 0.493 e. The Labute approximate surface area is 228 Å². The lowest BCUT2D eigenvalue weighted by molar-refractivity contribution is -0.137. The van der Waals surface area contributed by atoms with Crippen molar-refractivity contribution in [3.63, 3.8) is 0 Å². The summed E-state index contributed by atoms with van der Waals surface area (Å²) in [4.78, 5) is -0.746. The van der Waals surface area contributed by atoms with E-state index in [1.807, 2.05) is 0 Å². The summed E-state index contributed by atoms with van der Waals surface area (Å²) in [6, 6.07) is 6.06. The van der Waals surface area contributed by atoms with Gasteiger partial charge in [0.1, 0.15) is 16.4 Å². The molecule has 0 bridgehead atoms. The maximum Gasteiger partial charge on any atom is 0.416 e. The van der Waals surface area contributed by atoms with Crippen molar-refractivity contribution in [2.45, 2.75) is 29.8 Å². The Morgan fingerprint density at radius 3 is 2.15 bits per heavy atom. The standard InChI is InChI=1S/C26H20F8O6S/c1-37-8-2-9-38-18-11-13(26(32,33)34)3-5-16(18)15-7-10-39-19-12-14(4-6-17(15)19)41(35,36)40-25-23(30)21(28)20(27)22(29)24(25)31/h3-6,11-12,15H,2,7-10H2,1H3/t15-/m0/s1. The van der Waals surface area contributed by atoms with Gasteiger partial charge in [-0.2, -0.15) is 30.4 Å². The fourth-order valence-electron chi connectivity index (χ4n) is 4.17. The fourth-order valence-corrected chi connectivity index (χ4v) is 5.12. The van der Waals surface area contributed by atoms with E-state index in [0.717, 1.165) is 24.3 Å². The van der Waals surface area contributed by atoms with Crippen molar-refractivity contribution in [1.29, 1.82) is 0 Å². The van der Waals surface area contributed by atoms with Gasteiger partial charge in [0.2, 0.25) is 34.8 Å². The molecule has 4 rings (SSSR count). The molecule has 15 heteroatoms. The molecule has 3 aromatic carbocycles. The van der Waals surface area contributed by atoms with Gasteiger partial charge in [0.05, 0.1) is 18.8 Å². The minimum Gasteiger partial charge on any atom is -0.493 e. The van der Waals surface area contributed by atoms with Gasteiger partial charge in [-0.25, -0.2) is 13.2 Å². The second-order valence-electron chi connectivity index (χ2n) is 8.77. The van der Waals surface area contributed by atoms with Crippen LogP contribution in [0.2, 0.25) is 0 Å². The zero-order chi connectivity index (χ0) is 30.1. The van der Waals surface area contributed by atoms with Crippen LogP contribution in [0.5, 0.6) is 17.2 Å². The quantitative estimate of drug-likeness (QED) is 0.0904. The number of methoxy groups -OCH3 is 1. The van der Waals surface area contributed by atoms with E-state index < -0.39 is 67.5 Å². The topological polar surface area (TPSA) is 71.1 Å². The van der Waals surface area contributed by atoms with Gasteiger partial charge in [-0.1, -0.05) is 12.1 Å². The minimum absolute atomic E-state index is 0.0101. The fraction of sp³-hybridized carbons (Fsp3) is 0.308. The highest BCUT2D eigenvalue weighted by Gasteiger charge is 2.35. The van der Waals surface area contributed by atoms with Gasteiger partial charge in [-0.15, -0.1) is 0 Å². The maximum absolute atomic E-state index is 14.0. The molecule has 1 aliphatic rings. The third kappa shape index (κ3) is 6.20. The molecule has 0 aliphatic carbocycles. The van der Waals surface area contributed by atoms with Crippen molar-refractivity contribution in [2.24, 2.45) is 0 Å². The van der Waals surface area contributed by atoms with E-state index >= 15 is 0 Å². The number of halogens is 8. The van der Waals surface area contributed by atoms with E-state index in [2.05, 4.69) is 4.18 Å². The molecule has 0 amide bonds. The average Bonchev–Trinajstić information content (AvgIpc) is 2.94. The van der Waals surface area contributed by atoms with Crippen molar-refractivity contribution in [3.05, 3.63) is 82.2 Å². The molecule has 3 aromatic rings. The Morgan fingerprint density at radius 2 is 1.51 bits per heavy atom. The predicted molar refractivity (Wildman–Crippen MR) is 126 cm³/mol. The van der Waals surface area contributed by atoms with Crippen LogP contribution in [0.15, 0.2) is 41.3 Å². The van der Waals surface area contributed by atoms with Gasteiger partial charge in [0.25, 0.3) is 0 Å². The van der Waals surface area contributed by atoms with Crippen LogP contribution in [-0.2, 0) is 21.0 Å². The van der Waals surface area contributed by atoms with E-state index in [-0.39, 0.29) is 31.1 Å². The van der Waals surface area contributed by atoms with Crippen molar-refractivity contribution in [2.75, 3.05) is 26.9 Å². The first-order valence-corrected chi connectivity index (χ1v) is 13.2. The van der Waals surface area contributed by atoms with Crippen LogP contribution in [0, 0.1) is 29.1 Å². The van der Waals surface area contributed by atoms with Crippen molar-refractivity contribution < 1.29 is 61.9 Å². The van der Waals surface area contributed by atoms with Crippen LogP contribution in [0.4, 0.5) is 35.1 Å². The third-order valence-electron chi connectivity index (χ3n) is 6.14. The highest BCUT2D eigenvalue weighted by atomic mass is 32.2. The summed E-state index contributed by atoms with van der Waals surface area (Å²) in [7, 11) is -3.69. The minimum atomic E-state index is -5.15. The molecule has 0 aromatic heterocycles. The Morgan fingerprint density at radius 1 is 0.878 bits per heavy atom.